The van der Waals surface area contributed by atoms with Gasteiger partial charge in [-0.3, -0.25) is 4.79 Å². The summed E-state index contributed by atoms with van der Waals surface area (Å²) in [5.74, 6) is -0.375. The zero-order chi connectivity index (χ0) is 15.2. The number of amides is 1. The second-order valence-electron chi connectivity index (χ2n) is 5.93. The Balaban J connectivity index is 4.86. The summed E-state index contributed by atoms with van der Waals surface area (Å²) in [6.07, 6.45) is 2.87. The number of hydrogen-bond donors (Lipinski definition) is 1. The van der Waals surface area contributed by atoms with Gasteiger partial charge in [0.05, 0.1) is 7.11 Å². The predicted octanol–water partition coefficient (Wildman–Crippen LogP) is 1.54. The molecule has 0 saturated heterocycles. The fraction of sp³-hybridized carbons (Fsp3) is 0.714. The molecule has 0 aromatic heterocycles. The third kappa shape index (κ3) is 6.84. The number of methoxy groups -OCH3 is 1. The Hall–Kier alpha value is -1.52. The molecule has 0 aromatic carbocycles. The van der Waals surface area contributed by atoms with Crippen molar-refractivity contribution in [2.45, 2.75) is 46.2 Å². The summed E-state index contributed by atoms with van der Waals surface area (Å²) in [6.45, 7) is 9.75. The van der Waals surface area contributed by atoms with Gasteiger partial charge < -0.3 is 15.0 Å². The lowest BCUT2D eigenvalue weighted by atomic mass is 10.00. The quantitative estimate of drug-likeness (QED) is 0.608. The largest absolute Gasteiger partial charge is 0.466 e. The molecule has 5 heteroatoms. The molecule has 0 radical (unpaired) electrons. The molecule has 5 nitrogen and oxygen atoms in total. The summed E-state index contributed by atoms with van der Waals surface area (Å²) in [5.41, 5.74) is -0.281. The zero-order valence-corrected chi connectivity index (χ0v) is 13.0. The highest BCUT2D eigenvalue weighted by Gasteiger charge is 2.27. The van der Waals surface area contributed by atoms with Crippen molar-refractivity contribution >= 4 is 11.9 Å². The van der Waals surface area contributed by atoms with Gasteiger partial charge in [-0.1, -0.05) is 13.8 Å². The van der Waals surface area contributed by atoms with Crippen LogP contribution in [0.15, 0.2) is 12.3 Å². The Bertz CT molecular complexity index is 343. The molecular formula is C14H26N2O3. The SMILES string of the molecule is COC(=O)/C=C/N(C)C(C(=O)NC(C)(C)C)C(C)C. The first kappa shape index (κ1) is 17.5. The third-order valence-electron chi connectivity index (χ3n) is 2.48. The summed E-state index contributed by atoms with van der Waals surface area (Å²) < 4.78 is 4.53. The summed E-state index contributed by atoms with van der Waals surface area (Å²) in [6, 6.07) is -0.333. The molecule has 0 aliphatic heterocycles. The van der Waals surface area contributed by atoms with E-state index in [9.17, 15) is 9.59 Å². The second kappa shape index (κ2) is 7.16. The van der Waals surface area contributed by atoms with Crippen LogP contribution in [0.2, 0.25) is 0 Å². The number of nitrogens with one attached hydrogen (secondary N) is 1. The average Bonchev–Trinajstić information content (AvgIpc) is 2.22. The van der Waals surface area contributed by atoms with E-state index in [4.69, 9.17) is 0 Å². The van der Waals surface area contributed by atoms with Gasteiger partial charge >= 0.3 is 5.97 Å². The normalized spacial score (nSPS) is 13.5. The van der Waals surface area contributed by atoms with Crippen molar-refractivity contribution in [1.29, 1.82) is 0 Å². The van der Waals surface area contributed by atoms with E-state index < -0.39 is 5.97 Å². The van der Waals surface area contributed by atoms with Crippen molar-refractivity contribution in [2.75, 3.05) is 14.2 Å². The van der Waals surface area contributed by atoms with Crippen LogP contribution in [0.5, 0.6) is 0 Å². The van der Waals surface area contributed by atoms with E-state index in [0.29, 0.717) is 0 Å². The highest BCUT2D eigenvalue weighted by Crippen LogP contribution is 2.12. The van der Waals surface area contributed by atoms with Gasteiger partial charge in [-0.2, -0.15) is 0 Å². The van der Waals surface area contributed by atoms with E-state index in [1.807, 2.05) is 34.6 Å². The lowest BCUT2D eigenvalue weighted by molar-refractivity contribution is -0.135. The summed E-state index contributed by atoms with van der Waals surface area (Å²) >= 11 is 0. The smallest absolute Gasteiger partial charge is 0.331 e. The van der Waals surface area contributed by atoms with Crippen LogP contribution in [-0.2, 0) is 14.3 Å². The van der Waals surface area contributed by atoms with Crippen LogP contribution in [0.3, 0.4) is 0 Å². The number of carbonyl (C=O) groups excluding carboxylic acids is 2. The predicted molar refractivity (Wildman–Crippen MR) is 75.4 cm³/mol. The highest BCUT2D eigenvalue weighted by molar-refractivity contribution is 5.84. The molecule has 0 bridgehead atoms. The van der Waals surface area contributed by atoms with Gasteiger partial charge in [0.1, 0.15) is 6.04 Å². The molecule has 1 atom stereocenters. The van der Waals surface area contributed by atoms with Crippen LogP contribution >= 0.6 is 0 Å². The number of rotatable bonds is 5. The molecule has 1 unspecified atom stereocenters. The number of ether oxygens (including phenoxy) is 1. The van der Waals surface area contributed by atoms with E-state index >= 15 is 0 Å². The van der Waals surface area contributed by atoms with Crippen molar-refractivity contribution in [1.82, 2.24) is 10.2 Å². The van der Waals surface area contributed by atoms with E-state index in [2.05, 4.69) is 10.1 Å². The van der Waals surface area contributed by atoms with Gasteiger partial charge in [0.25, 0.3) is 0 Å². The maximum Gasteiger partial charge on any atom is 0.331 e. The molecule has 0 spiro atoms. The minimum absolute atomic E-state index is 0.0560. The fourth-order valence-electron chi connectivity index (χ4n) is 1.74. The topological polar surface area (TPSA) is 58.6 Å². The Morgan fingerprint density at radius 3 is 2.16 bits per heavy atom. The number of hydrogen-bond acceptors (Lipinski definition) is 4. The average molecular weight is 270 g/mol. The molecule has 0 aromatic rings. The fourth-order valence-corrected chi connectivity index (χ4v) is 1.74. The van der Waals surface area contributed by atoms with E-state index in [1.165, 1.54) is 13.2 Å². The van der Waals surface area contributed by atoms with Crippen molar-refractivity contribution < 1.29 is 14.3 Å². The Labute approximate surface area is 116 Å². The van der Waals surface area contributed by atoms with Gasteiger partial charge in [0.2, 0.25) is 5.91 Å². The first-order valence-electron chi connectivity index (χ1n) is 6.38. The first-order valence-corrected chi connectivity index (χ1v) is 6.38. The standard InChI is InChI=1S/C14H26N2O3/c1-10(2)12(13(18)15-14(3,4)5)16(6)9-8-11(17)19-7/h8-10,12H,1-7H3,(H,15,18)/b9-8+. The maximum absolute atomic E-state index is 12.3. The lowest BCUT2D eigenvalue weighted by Gasteiger charge is -2.32. The Kier molecular flexibility index (Phi) is 6.59. The number of carbonyl (C=O) groups is 2. The molecule has 1 amide bonds. The molecule has 110 valence electrons. The van der Waals surface area contributed by atoms with Crippen LogP contribution in [0.4, 0.5) is 0 Å². The Morgan fingerprint density at radius 2 is 1.79 bits per heavy atom. The van der Waals surface area contributed by atoms with E-state index in [-0.39, 0.29) is 23.4 Å². The van der Waals surface area contributed by atoms with Crippen molar-refractivity contribution in [2.24, 2.45) is 5.92 Å². The van der Waals surface area contributed by atoms with Gasteiger partial charge in [-0.25, -0.2) is 4.79 Å². The summed E-state index contributed by atoms with van der Waals surface area (Å²) in [4.78, 5) is 25.0. The Morgan fingerprint density at radius 1 is 1.26 bits per heavy atom. The molecule has 0 aliphatic carbocycles. The molecule has 19 heavy (non-hydrogen) atoms. The number of nitrogens with zero attached hydrogens (tertiary/aromatic N) is 1. The van der Waals surface area contributed by atoms with Crippen LogP contribution in [0, 0.1) is 5.92 Å². The highest BCUT2D eigenvalue weighted by atomic mass is 16.5. The van der Waals surface area contributed by atoms with E-state index in [0.717, 1.165) is 0 Å². The number of likely N-dealkylation sites (N-methyl/N-ethyl adjacent to an activating group) is 1. The zero-order valence-electron chi connectivity index (χ0n) is 13.0. The molecule has 1 N–H and O–H groups in total. The van der Waals surface area contributed by atoms with Crippen LogP contribution < -0.4 is 5.32 Å². The first-order chi connectivity index (χ1) is 8.58. The second-order valence-corrected chi connectivity index (χ2v) is 5.93. The van der Waals surface area contributed by atoms with Crippen LogP contribution in [0.25, 0.3) is 0 Å². The third-order valence-corrected chi connectivity index (χ3v) is 2.48. The molecule has 0 fully saturated rings. The maximum atomic E-state index is 12.3. The van der Waals surface area contributed by atoms with Gasteiger partial charge in [0, 0.05) is 24.9 Å². The molecule has 0 saturated carbocycles. The minimum Gasteiger partial charge on any atom is -0.466 e. The molecule has 0 aliphatic rings. The molecule has 0 rings (SSSR count). The summed E-state index contributed by atoms with van der Waals surface area (Å²) in [7, 11) is 3.09. The van der Waals surface area contributed by atoms with Crippen LogP contribution in [0.1, 0.15) is 34.6 Å². The van der Waals surface area contributed by atoms with Crippen molar-refractivity contribution in [3.8, 4) is 0 Å². The lowest BCUT2D eigenvalue weighted by Crippen LogP contribution is -2.52. The van der Waals surface area contributed by atoms with Gasteiger partial charge in [-0.15, -0.1) is 0 Å². The molecular weight excluding hydrogens is 244 g/mol. The van der Waals surface area contributed by atoms with E-state index in [1.54, 1.807) is 18.1 Å². The van der Waals surface area contributed by atoms with Crippen LogP contribution in [-0.4, -0.2) is 42.5 Å². The number of esters is 1. The summed E-state index contributed by atoms with van der Waals surface area (Å²) in [5, 5.41) is 2.95. The molecule has 0 heterocycles. The van der Waals surface area contributed by atoms with Crippen molar-refractivity contribution in [3.05, 3.63) is 12.3 Å². The van der Waals surface area contributed by atoms with Crippen molar-refractivity contribution in [3.63, 3.8) is 0 Å². The van der Waals surface area contributed by atoms with Gasteiger partial charge in [0.15, 0.2) is 0 Å². The minimum atomic E-state index is -0.439. The monoisotopic (exact) mass is 270 g/mol. The van der Waals surface area contributed by atoms with Gasteiger partial charge in [-0.05, 0) is 26.7 Å².